The van der Waals surface area contributed by atoms with E-state index in [1.807, 2.05) is 0 Å². The van der Waals surface area contributed by atoms with Crippen LogP contribution in [-0.2, 0) is 0 Å². The van der Waals surface area contributed by atoms with E-state index in [2.05, 4.69) is 4.90 Å². The van der Waals surface area contributed by atoms with Gasteiger partial charge in [0.2, 0.25) is 0 Å². The van der Waals surface area contributed by atoms with Crippen molar-refractivity contribution in [2.45, 2.75) is 103 Å². The van der Waals surface area contributed by atoms with Gasteiger partial charge in [0.05, 0.1) is 0 Å². The van der Waals surface area contributed by atoms with E-state index in [0.29, 0.717) is 0 Å². The van der Waals surface area contributed by atoms with Gasteiger partial charge in [0.15, 0.2) is 0 Å². The second-order valence-corrected chi connectivity index (χ2v) is 10.0. The van der Waals surface area contributed by atoms with Gasteiger partial charge in [-0.15, -0.1) is 0 Å². The van der Waals surface area contributed by atoms with Gasteiger partial charge in [-0.2, -0.15) is 0 Å². The standard InChI is InChI=1S/C24H46N2/c25-19-23-12-7-13-24(18-23)20-26(16-14-21-8-3-1-4-9-21)17-15-22-10-5-2-6-11-22/h21-24H,1-20,25H2. The Bertz CT molecular complexity index is 335. The molecule has 3 saturated carbocycles. The first-order chi connectivity index (χ1) is 12.8. The van der Waals surface area contributed by atoms with Crippen LogP contribution < -0.4 is 5.73 Å². The highest BCUT2D eigenvalue weighted by Crippen LogP contribution is 2.31. The first-order valence-corrected chi connectivity index (χ1v) is 12.3. The van der Waals surface area contributed by atoms with Crippen molar-refractivity contribution in [2.75, 3.05) is 26.2 Å². The van der Waals surface area contributed by atoms with Crippen LogP contribution in [0.4, 0.5) is 0 Å². The molecule has 2 unspecified atom stereocenters. The van der Waals surface area contributed by atoms with Crippen LogP contribution in [0.15, 0.2) is 0 Å². The molecule has 0 bridgehead atoms. The molecule has 2 N–H and O–H groups in total. The molecule has 3 aliphatic rings. The van der Waals surface area contributed by atoms with Crippen molar-refractivity contribution in [1.82, 2.24) is 4.90 Å². The first-order valence-electron chi connectivity index (χ1n) is 12.3. The van der Waals surface area contributed by atoms with Crippen molar-refractivity contribution in [3.8, 4) is 0 Å². The Hall–Kier alpha value is -0.0800. The van der Waals surface area contributed by atoms with Gasteiger partial charge in [0, 0.05) is 6.54 Å². The number of hydrogen-bond acceptors (Lipinski definition) is 2. The maximum atomic E-state index is 6.00. The fourth-order valence-electron chi connectivity index (χ4n) is 6.12. The third-order valence-corrected chi connectivity index (χ3v) is 7.90. The minimum absolute atomic E-state index is 0.812. The quantitative estimate of drug-likeness (QED) is 0.545. The molecule has 3 rings (SSSR count). The molecule has 0 aromatic heterocycles. The molecule has 0 heterocycles. The van der Waals surface area contributed by atoms with Crippen molar-refractivity contribution in [3.05, 3.63) is 0 Å². The lowest BCUT2D eigenvalue weighted by atomic mass is 9.81. The topological polar surface area (TPSA) is 29.3 Å². The van der Waals surface area contributed by atoms with Crippen molar-refractivity contribution in [2.24, 2.45) is 29.4 Å². The van der Waals surface area contributed by atoms with E-state index in [1.165, 1.54) is 122 Å². The summed E-state index contributed by atoms with van der Waals surface area (Å²) < 4.78 is 0. The summed E-state index contributed by atoms with van der Waals surface area (Å²) in [6.07, 6.45) is 23.6. The monoisotopic (exact) mass is 362 g/mol. The zero-order chi connectivity index (χ0) is 18.0. The average molecular weight is 363 g/mol. The molecular formula is C24H46N2. The van der Waals surface area contributed by atoms with Crippen LogP contribution >= 0.6 is 0 Å². The first kappa shape index (κ1) is 20.6. The van der Waals surface area contributed by atoms with E-state index in [4.69, 9.17) is 5.73 Å². The molecule has 0 saturated heterocycles. The van der Waals surface area contributed by atoms with Crippen LogP contribution in [0.2, 0.25) is 0 Å². The molecule has 3 fully saturated rings. The van der Waals surface area contributed by atoms with Gasteiger partial charge >= 0.3 is 0 Å². The van der Waals surface area contributed by atoms with Gasteiger partial charge < -0.3 is 10.6 Å². The van der Waals surface area contributed by atoms with Crippen molar-refractivity contribution in [3.63, 3.8) is 0 Å². The summed E-state index contributed by atoms with van der Waals surface area (Å²) in [5.41, 5.74) is 6.00. The second-order valence-electron chi connectivity index (χ2n) is 10.0. The average Bonchev–Trinajstić information content (AvgIpc) is 2.71. The van der Waals surface area contributed by atoms with Crippen molar-refractivity contribution < 1.29 is 0 Å². The summed E-state index contributed by atoms with van der Waals surface area (Å²) >= 11 is 0. The zero-order valence-corrected chi connectivity index (χ0v) is 17.5. The molecule has 26 heavy (non-hydrogen) atoms. The summed E-state index contributed by atoms with van der Waals surface area (Å²) in [7, 11) is 0. The van der Waals surface area contributed by atoms with E-state index in [0.717, 1.165) is 30.2 Å². The largest absolute Gasteiger partial charge is 0.330 e. The molecule has 0 radical (unpaired) electrons. The molecule has 152 valence electrons. The molecule has 0 amide bonds. The summed E-state index contributed by atoms with van der Waals surface area (Å²) in [6, 6.07) is 0. The van der Waals surface area contributed by atoms with Crippen molar-refractivity contribution >= 4 is 0 Å². The van der Waals surface area contributed by atoms with Gasteiger partial charge in [-0.25, -0.2) is 0 Å². The van der Waals surface area contributed by atoms with Crippen molar-refractivity contribution in [1.29, 1.82) is 0 Å². The minimum Gasteiger partial charge on any atom is -0.330 e. The van der Waals surface area contributed by atoms with Crippen LogP contribution in [0, 0.1) is 23.7 Å². The van der Waals surface area contributed by atoms with E-state index in [1.54, 1.807) is 0 Å². The maximum Gasteiger partial charge on any atom is 0.000977 e. The Balaban J connectivity index is 1.46. The van der Waals surface area contributed by atoms with Crippen LogP contribution in [-0.4, -0.2) is 31.1 Å². The van der Waals surface area contributed by atoms with E-state index in [9.17, 15) is 0 Å². The lowest BCUT2D eigenvalue weighted by Gasteiger charge is -2.35. The minimum atomic E-state index is 0.812. The highest BCUT2D eigenvalue weighted by atomic mass is 15.1. The normalized spacial score (nSPS) is 29.3. The van der Waals surface area contributed by atoms with Gasteiger partial charge in [-0.3, -0.25) is 0 Å². The van der Waals surface area contributed by atoms with E-state index < -0.39 is 0 Å². The Morgan fingerprint density at radius 3 is 1.62 bits per heavy atom. The summed E-state index contributed by atoms with van der Waals surface area (Å²) in [4.78, 5) is 2.90. The Morgan fingerprint density at radius 1 is 0.577 bits per heavy atom. The second kappa shape index (κ2) is 11.7. The van der Waals surface area contributed by atoms with Crippen LogP contribution in [0.3, 0.4) is 0 Å². The fourth-order valence-corrected chi connectivity index (χ4v) is 6.12. The van der Waals surface area contributed by atoms with E-state index in [-0.39, 0.29) is 0 Å². The van der Waals surface area contributed by atoms with Gasteiger partial charge in [0.25, 0.3) is 0 Å². The van der Waals surface area contributed by atoms with Crippen LogP contribution in [0.5, 0.6) is 0 Å². The lowest BCUT2D eigenvalue weighted by Crippen LogP contribution is -2.36. The smallest absolute Gasteiger partial charge is 0.000977 e. The van der Waals surface area contributed by atoms with E-state index >= 15 is 0 Å². The molecule has 2 nitrogen and oxygen atoms in total. The van der Waals surface area contributed by atoms with Gasteiger partial charge in [-0.05, 0) is 75.4 Å². The summed E-state index contributed by atoms with van der Waals surface area (Å²) in [6.45, 7) is 5.04. The molecule has 0 spiro atoms. The van der Waals surface area contributed by atoms with Crippen LogP contribution in [0.1, 0.15) is 103 Å². The molecule has 0 aromatic carbocycles. The number of nitrogens with zero attached hydrogens (tertiary/aromatic N) is 1. The predicted octanol–water partition coefficient (Wildman–Crippen LogP) is 5.99. The molecule has 0 aromatic rings. The maximum absolute atomic E-state index is 6.00. The lowest BCUT2D eigenvalue weighted by molar-refractivity contribution is 0.152. The third-order valence-electron chi connectivity index (χ3n) is 7.90. The molecule has 3 aliphatic carbocycles. The Morgan fingerprint density at radius 2 is 1.08 bits per heavy atom. The molecular weight excluding hydrogens is 316 g/mol. The summed E-state index contributed by atoms with van der Waals surface area (Å²) in [5, 5.41) is 0. The predicted molar refractivity (Wildman–Crippen MR) is 113 cm³/mol. The van der Waals surface area contributed by atoms with Gasteiger partial charge in [-0.1, -0.05) is 70.6 Å². The highest BCUT2D eigenvalue weighted by molar-refractivity contribution is 4.78. The number of hydrogen-bond donors (Lipinski definition) is 1. The summed E-state index contributed by atoms with van der Waals surface area (Å²) in [5.74, 6) is 3.80. The zero-order valence-electron chi connectivity index (χ0n) is 17.5. The molecule has 0 aliphatic heterocycles. The Labute approximate surface area is 163 Å². The van der Waals surface area contributed by atoms with Gasteiger partial charge in [0.1, 0.15) is 0 Å². The molecule has 2 heteroatoms. The SMILES string of the molecule is NCC1CCCC(CN(CCC2CCCCC2)CCC2CCCCC2)C1. The van der Waals surface area contributed by atoms with Crippen LogP contribution in [0.25, 0.3) is 0 Å². The Kier molecular flexibility index (Phi) is 9.29. The number of nitrogens with two attached hydrogens (primary N) is 1. The molecule has 2 atom stereocenters. The third kappa shape index (κ3) is 7.15. The highest BCUT2D eigenvalue weighted by Gasteiger charge is 2.24. The fraction of sp³-hybridized carbons (Fsp3) is 1.00. The number of rotatable bonds is 9.